The summed E-state index contributed by atoms with van der Waals surface area (Å²) in [5, 5.41) is 15.4. The van der Waals surface area contributed by atoms with Crippen LogP contribution in [-0.2, 0) is 20.7 Å². The summed E-state index contributed by atoms with van der Waals surface area (Å²) in [6.45, 7) is 0.987. The first kappa shape index (κ1) is 15.8. The van der Waals surface area contributed by atoms with E-state index < -0.39 is 0 Å². The summed E-state index contributed by atoms with van der Waals surface area (Å²) in [7, 11) is 1.38. The molecule has 0 bridgehead atoms. The minimum atomic E-state index is -0.225. The molecule has 1 amide bonds. The predicted molar refractivity (Wildman–Crippen MR) is 79.1 cm³/mol. The molecule has 0 saturated carbocycles. The fourth-order valence-corrected chi connectivity index (χ4v) is 3.01. The number of nitrogens with zero attached hydrogens (tertiary/aromatic N) is 2. The molecule has 0 aliphatic carbocycles. The third kappa shape index (κ3) is 5.39. The van der Waals surface area contributed by atoms with Crippen molar-refractivity contribution in [2.24, 2.45) is 0 Å². The molecular formula is C13H20N4O3S. The van der Waals surface area contributed by atoms with E-state index in [1.54, 1.807) is 0 Å². The van der Waals surface area contributed by atoms with Gasteiger partial charge in [-0.15, -0.1) is 10.2 Å². The molecular weight excluding hydrogens is 292 g/mol. The van der Waals surface area contributed by atoms with Crippen LogP contribution >= 0.6 is 11.3 Å². The number of esters is 1. The van der Waals surface area contributed by atoms with Crippen LogP contribution in [0.3, 0.4) is 0 Å². The van der Waals surface area contributed by atoms with Crippen molar-refractivity contribution in [3.63, 3.8) is 0 Å². The molecule has 1 aliphatic rings. The van der Waals surface area contributed by atoms with Gasteiger partial charge in [-0.1, -0.05) is 11.3 Å². The number of aryl methyl sites for hydroxylation is 1. The molecule has 1 fully saturated rings. The highest BCUT2D eigenvalue weighted by Crippen LogP contribution is 2.18. The molecule has 2 rings (SSSR count). The third-order valence-electron chi connectivity index (χ3n) is 3.31. The summed E-state index contributed by atoms with van der Waals surface area (Å²) >= 11 is 1.35. The molecule has 21 heavy (non-hydrogen) atoms. The summed E-state index contributed by atoms with van der Waals surface area (Å²) in [4.78, 5) is 22.8. The number of nitrogens with one attached hydrogen (secondary N) is 2. The molecule has 1 saturated heterocycles. The predicted octanol–water partition coefficient (Wildman–Crippen LogP) is 1.11. The lowest BCUT2D eigenvalue weighted by Gasteiger charge is -2.08. The molecule has 116 valence electrons. The topological polar surface area (TPSA) is 93.2 Å². The Balaban J connectivity index is 1.71. The highest BCUT2D eigenvalue weighted by Gasteiger charge is 2.18. The van der Waals surface area contributed by atoms with Gasteiger partial charge in [-0.05, 0) is 25.8 Å². The minimum absolute atomic E-state index is 0.0355. The Labute approximate surface area is 127 Å². The van der Waals surface area contributed by atoms with E-state index in [0.717, 1.165) is 24.4 Å². The van der Waals surface area contributed by atoms with Crippen LogP contribution in [-0.4, -0.2) is 41.8 Å². The summed E-state index contributed by atoms with van der Waals surface area (Å²) in [6, 6.07) is 0.275. The molecule has 8 heteroatoms. The van der Waals surface area contributed by atoms with Crippen molar-refractivity contribution in [1.82, 2.24) is 15.5 Å². The number of hydrogen-bond acceptors (Lipinski definition) is 7. The van der Waals surface area contributed by atoms with Gasteiger partial charge in [-0.2, -0.15) is 0 Å². The maximum absolute atomic E-state index is 11.8. The number of rotatable bonds is 7. The van der Waals surface area contributed by atoms with Crippen molar-refractivity contribution in [2.45, 2.75) is 44.6 Å². The largest absolute Gasteiger partial charge is 0.469 e. The van der Waals surface area contributed by atoms with Gasteiger partial charge in [-0.3, -0.25) is 9.59 Å². The molecule has 0 spiro atoms. The van der Waals surface area contributed by atoms with Crippen molar-refractivity contribution in [3.05, 3.63) is 5.01 Å². The molecule has 2 heterocycles. The van der Waals surface area contributed by atoms with Gasteiger partial charge in [0.15, 0.2) is 0 Å². The lowest BCUT2D eigenvalue weighted by atomic mass is 10.1. The normalized spacial score (nSPS) is 17.7. The summed E-state index contributed by atoms with van der Waals surface area (Å²) in [6.07, 6.45) is 4.33. The van der Waals surface area contributed by atoms with Crippen LogP contribution in [0.15, 0.2) is 0 Å². The zero-order valence-corrected chi connectivity index (χ0v) is 12.9. The van der Waals surface area contributed by atoms with Crippen molar-refractivity contribution in [2.75, 3.05) is 19.0 Å². The number of hydrogen-bond donors (Lipinski definition) is 2. The Morgan fingerprint density at radius 1 is 1.48 bits per heavy atom. The maximum Gasteiger partial charge on any atom is 0.305 e. The van der Waals surface area contributed by atoms with Crippen LogP contribution in [0.25, 0.3) is 0 Å². The number of amides is 1. The maximum atomic E-state index is 11.8. The molecule has 1 aliphatic heterocycles. The Hall–Kier alpha value is -1.54. The Bertz CT molecular complexity index is 486. The van der Waals surface area contributed by atoms with Gasteiger partial charge >= 0.3 is 5.97 Å². The van der Waals surface area contributed by atoms with Crippen molar-refractivity contribution in [3.8, 4) is 0 Å². The molecule has 0 radical (unpaired) electrons. The third-order valence-corrected chi connectivity index (χ3v) is 4.21. The minimum Gasteiger partial charge on any atom is -0.469 e. The molecule has 0 aromatic carbocycles. The van der Waals surface area contributed by atoms with E-state index in [0.29, 0.717) is 30.8 Å². The smallest absolute Gasteiger partial charge is 0.305 e. The van der Waals surface area contributed by atoms with Crippen LogP contribution in [0.4, 0.5) is 5.13 Å². The molecule has 7 nitrogen and oxygen atoms in total. The second-order valence-electron chi connectivity index (χ2n) is 4.98. The van der Waals surface area contributed by atoms with E-state index in [2.05, 4.69) is 25.6 Å². The zero-order chi connectivity index (χ0) is 15.1. The number of anilines is 1. The van der Waals surface area contributed by atoms with Crippen LogP contribution in [0, 0.1) is 0 Å². The highest BCUT2D eigenvalue weighted by molar-refractivity contribution is 7.15. The fraction of sp³-hybridized carbons (Fsp3) is 0.692. The average molecular weight is 312 g/mol. The molecule has 1 aromatic rings. The Morgan fingerprint density at radius 2 is 2.33 bits per heavy atom. The van der Waals surface area contributed by atoms with E-state index >= 15 is 0 Å². The molecule has 1 atom stereocenters. The first-order chi connectivity index (χ1) is 10.2. The Kier molecular flexibility index (Phi) is 6.06. The van der Waals surface area contributed by atoms with E-state index in [1.807, 2.05) is 0 Å². The van der Waals surface area contributed by atoms with E-state index in [4.69, 9.17) is 0 Å². The van der Waals surface area contributed by atoms with Crippen LogP contribution < -0.4 is 10.6 Å². The van der Waals surface area contributed by atoms with Crippen molar-refractivity contribution in [1.29, 1.82) is 0 Å². The second kappa shape index (κ2) is 8.04. The van der Waals surface area contributed by atoms with Crippen molar-refractivity contribution >= 4 is 28.3 Å². The molecule has 1 unspecified atom stereocenters. The lowest BCUT2D eigenvalue weighted by Crippen LogP contribution is -2.27. The quantitative estimate of drug-likeness (QED) is 0.733. The summed E-state index contributed by atoms with van der Waals surface area (Å²) in [5.74, 6) is -0.260. The van der Waals surface area contributed by atoms with Gasteiger partial charge in [0.25, 0.3) is 0 Å². The molecule has 1 aromatic heterocycles. The molecule has 2 N–H and O–H groups in total. The van der Waals surface area contributed by atoms with Gasteiger partial charge in [0.05, 0.1) is 7.11 Å². The second-order valence-corrected chi connectivity index (χ2v) is 6.04. The first-order valence-electron chi connectivity index (χ1n) is 7.10. The van der Waals surface area contributed by atoms with Gasteiger partial charge < -0.3 is 15.4 Å². The zero-order valence-electron chi connectivity index (χ0n) is 12.1. The van der Waals surface area contributed by atoms with Gasteiger partial charge in [-0.25, -0.2) is 0 Å². The monoisotopic (exact) mass is 312 g/mol. The van der Waals surface area contributed by atoms with Crippen molar-refractivity contribution < 1.29 is 14.3 Å². The van der Waals surface area contributed by atoms with E-state index in [-0.39, 0.29) is 17.9 Å². The number of methoxy groups -OCH3 is 1. The van der Waals surface area contributed by atoms with Crippen LogP contribution in [0.1, 0.15) is 37.1 Å². The van der Waals surface area contributed by atoms with Gasteiger partial charge in [0.2, 0.25) is 11.0 Å². The van der Waals surface area contributed by atoms with Gasteiger partial charge in [0, 0.05) is 25.3 Å². The lowest BCUT2D eigenvalue weighted by molar-refractivity contribution is -0.140. The van der Waals surface area contributed by atoms with E-state index in [1.165, 1.54) is 18.4 Å². The van der Waals surface area contributed by atoms with Gasteiger partial charge in [0.1, 0.15) is 5.01 Å². The fourth-order valence-electron chi connectivity index (χ4n) is 2.22. The van der Waals surface area contributed by atoms with Crippen LogP contribution in [0.2, 0.25) is 0 Å². The summed E-state index contributed by atoms with van der Waals surface area (Å²) in [5.41, 5.74) is 0. The first-order valence-corrected chi connectivity index (χ1v) is 7.91. The van der Waals surface area contributed by atoms with E-state index in [9.17, 15) is 9.59 Å². The highest BCUT2D eigenvalue weighted by atomic mass is 32.1. The number of ether oxygens (including phenoxy) is 1. The number of aromatic nitrogens is 2. The summed E-state index contributed by atoms with van der Waals surface area (Å²) < 4.78 is 4.57. The standard InChI is InChI=1S/C13H20N4O3S/c1-20-12(19)6-2-5-11-16-17-13(21-11)15-10(18)8-9-4-3-7-14-9/h9,14H,2-8H2,1H3,(H,15,17,18). The SMILES string of the molecule is COC(=O)CCCc1nnc(NC(=O)CC2CCCN2)s1. The Morgan fingerprint density at radius 3 is 3.05 bits per heavy atom. The number of carbonyl (C=O) groups is 2. The van der Waals surface area contributed by atoms with Crippen LogP contribution in [0.5, 0.6) is 0 Å². The average Bonchev–Trinajstić information content (AvgIpc) is 3.10. The number of carbonyl (C=O) groups excluding carboxylic acids is 2.